The first kappa shape index (κ1) is 18.9. The van der Waals surface area contributed by atoms with Crippen LogP contribution in [-0.2, 0) is 0 Å². The second-order valence-electron chi connectivity index (χ2n) is 6.42. The Bertz CT molecular complexity index is 1050. The number of amides is 1. The third-order valence-corrected chi connectivity index (χ3v) is 5.11. The fraction of sp³-hybridized carbons (Fsp3) is 0.238. The average molecular weight is 405 g/mol. The summed E-state index contributed by atoms with van der Waals surface area (Å²) in [5, 5.41) is 0. The first-order chi connectivity index (χ1) is 14.2. The molecule has 0 bridgehead atoms. The molecule has 3 heterocycles. The van der Waals surface area contributed by atoms with Crippen molar-refractivity contribution in [1.82, 2.24) is 18.6 Å². The molecule has 0 saturated carbocycles. The number of aromatic nitrogens is 3. The summed E-state index contributed by atoms with van der Waals surface area (Å²) in [6.45, 7) is 2.60. The topological polar surface area (TPSA) is 71.5 Å². The number of piperazine rings is 1. The molecule has 3 aromatic rings. The summed E-state index contributed by atoms with van der Waals surface area (Å²) >= 11 is 1.13. The number of anilines is 1. The van der Waals surface area contributed by atoms with Crippen molar-refractivity contribution in [2.75, 3.05) is 38.2 Å². The van der Waals surface area contributed by atoms with Crippen LogP contribution in [0.15, 0.2) is 48.7 Å². The van der Waals surface area contributed by atoms with Gasteiger partial charge in [-0.05, 0) is 36.3 Å². The highest BCUT2D eigenvalue weighted by Gasteiger charge is 2.25. The Morgan fingerprint density at radius 3 is 2.69 bits per heavy atom. The smallest absolute Gasteiger partial charge is 0.270 e. The van der Waals surface area contributed by atoms with Crippen LogP contribution in [0.2, 0.25) is 0 Å². The zero-order valence-corrected chi connectivity index (χ0v) is 16.7. The van der Waals surface area contributed by atoms with E-state index in [0.717, 1.165) is 23.1 Å². The number of methoxy groups -OCH3 is 1. The summed E-state index contributed by atoms with van der Waals surface area (Å²) < 4.78 is 13.7. The van der Waals surface area contributed by atoms with E-state index in [1.165, 1.54) is 0 Å². The lowest BCUT2D eigenvalue weighted by molar-refractivity contribution is 0.0746. The highest BCUT2D eigenvalue weighted by molar-refractivity contribution is 6.99. The van der Waals surface area contributed by atoms with Gasteiger partial charge in [-0.25, -0.2) is 4.98 Å². The van der Waals surface area contributed by atoms with Gasteiger partial charge in [-0.3, -0.25) is 4.79 Å². The number of hydrogen-bond donors (Lipinski definition) is 0. The minimum Gasteiger partial charge on any atom is -0.478 e. The van der Waals surface area contributed by atoms with Crippen molar-refractivity contribution >= 4 is 23.5 Å². The minimum absolute atomic E-state index is 0.00880. The Balaban J connectivity index is 1.42. The summed E-state index contributed by atoms with van der Waals surface area (Å²) in [7, 11) is 1.59. The Hall–Kier alpha value is -3.44. The van der Waals surface area contributed by atoms with Gasteiger partial charge >= 0.3 is 0 Å². The lowest BCUT2D eigenvalue weighted by atomic mass is 10.1. The SMILES string of the molecule is COc1nsnc1N1CCN(C(=O)c2cccc(C#Cc3ccccn3)c2)CC1. The predicted molar refractivity (Wildman–Crippen MR) is 111 cm³/mol. The Morgan fingerprint density at radius 2 is 1.93 bits per heavy atom. The Kier molecular flexibility index (Phi) is 5.68. The molecule has 4 rings (SSSR count). The molecular formula is C21H19N5O2S. The van der Waals surface area contributed by atoms with Gasteiger partial charge in [0.15, 0.2) is 0 Å². The standard InChI is InChI=1S/C21H19N5O2S/c1-28-20-19(23-29-24-20)25-11-13-26(14-12-25)21(27)17-6-4-5-16(15-17)8-9-18-7-2-3-10-22-18/h2-7,10,15H,11-14H2,1H3. The van der Waals surface area contributed by atoms with Crippen LogP contribution in [0.3, 0.4) is 0 Å². The zero-order chi connectivity index (χ0) is 20.1. The summed E-state index contributed by atoms with van der Waals surface area (Å²) in [4.78, 5) is 21.1. The molecule has 0 aliphatic carbocycles. The summed E-state index contributed by atoms with van der Waals surface area (Å²) in [6, 6.07) is 13.0. The molecule has 0 unspecified atom stereocenters. The van der Waals surface area contributed by atoms with E-state index >= 15 is 0 Å². The molecule has 146 valence electrons. The fourth-order valence-corrected chi connectivity index (χ4v) is 3.65. The van der Waals surface area contributed by atoms with Crippen LogP contribution >= 0.6 is 11.7 Å². The van der Waals surface area contributed by atoms with Crippen molar-refractivity contribution in [3.05, 3.63) is 65.5 Å². The second-order valence-corrected chi connectivity index (χ2v) is 6.95. The van der Waals surface area contributed by atoms with Crippen LogP contribution in [-0.4, -0.2) is 57.8 Å². The van der Waals surface area contributed by atoms with E-state index in [9.17, 15) is 4.79 Å². The van der Waals surface area contributed by atoms with Crippen molar-refractivity contribution < 1.29 is 9.53 Å². The third kappa shape index (κ3) is 4.36. The average Bonchev–Trinajstić information content (AvgIpc) is 3.27. The molecule has 0 spiro atoms. The van der Waals surface area contributed by atoms with E-state index in [4.69, 9.17) is 4.74 Å². The molecule has 1 saturated heterocycles. The second kappa shape index (κ2) is 8.71. The highest BCUT2D eigenvalue weighted by atomic mass is 32.1. The van der Waals surface area contributed by atoms with Crippen LogP contribution in [0.25, 0.3) is 0 Å². The van der Waals surface area contributed by atoms with E-state index in [1.54, 1.807) is 13.3 Å². The molecule has 7 nitrogen and oxygen atoms in total. The molecule has 1 aliphatic rings. The molecule has 29 heavy (non-hydrogen) atoms. The van der Waals surface area contributed by atoms with Crippen molar-refractivity contribution in [3.63, 3.8) is 0 Å². The molecule has 0 atom stereocenters. The van der Waals surface area contributed by atoms with Crippen molar-refractivity contribution in [3.8, 4) is 17.7 Å². The van der Waals surface area contributed by atoms with Gasteiger partial charge in [0.1, 0.15) is 5.69 Å². The molecular weight excluding hydrogens is 386 g/mol. The third-order valence-electron chi connectivity index (χ3n) is 4.61. The van der Waals surface area contributed by atoms with Gasteiger partial charge in [-0.2, -0.15) is 4.37 Å². The van der Waals surface area contributed by atoms with Gasteiger partial charge in [0, 0.05) is 43.5 Å². The van der Waals surface area contributed by atoms with Crippen LogP contribution < -0.4 is 9.64 Å². The minimum atomic E-state index is 0.00880. The number of pyridine rings is 1. The van der Waals surface area contributed by atoms with Crippen molar-refractivity contribution in [2.45, 2.75) is 0 Å². The van der Waals surface area contributed by atoms with Crippen molar-refractivity contribution in [1.29, 1.82) is 0 Å². The molecule has 2 aromatic heterocycles. The number of hydrogen-bond acceptors (Lipinski definition) is 7. The number of carbonyl (C=O) groups excluding carboxylic acids is 1. The van der Waals surface area contributed by atoms with Crippen LogP contribution in [0.1, 0.15) is 21.6 Å². The summed E-state index contributed by atoms with van der Waals surface area (Å²) in [5.41, 5.74) is 2.13. The molecule has 0 radical (unpaired) electrons. The summed E-state index contributed by atoms with van der Waals surface area (Å²) in [6.07, 6.45) is 1.71. The molecule has 0 N–H and O–H groups in total. The van der Waals surface area contributed by atoms with Gasteiger partial charge in [-0.15, -0.1) is 4.37 Å². The van der Waals surface area contributed by atoms with Crippen molar-refractivity contribution in [2.24, 2.45) is 0 Å². The zero-order valence-electron chi connectivity index (χ0n) is 15.9. The first-order valence-corrected chi connectivity index (χ1v) is 9.91. The first-order valence-electron chi connectivity index (χ1n) is 9.18. The van der Waals surface area contributed by atoms with Gasteiger partial charge in [-0.1, -0.05) is 18.1 Å². The van der Waals surface area contributed by atoms with Crippen LogP contribution in [0.4, 0.5) is 5.82 Å². The van der Waals surface area contributed by atoms with Gasteiger partial charge in [0.05, 0.1) is 18.8 Å². The molecule has 1 aliphatic heterocycles. The largest absolute Gasteiger partial charge is 0.478 e. The number of benzene rings is 1. The molecule has 1 amide bonds. The monoisotopic (exact) mass is 405 g/mol. The molecule has 1 fully saturated rings. The maximum Gasteiger partial charge on any atom is 0.270 e. The quantitative estimate of drug-likeness (QED) is 0.623. The van der Waals surface area contributed by atoms with E-state index in [0.29, 0.717) is 43.3 Å². The number of nitrogens with zero attached hydrogens (tertiary/aromatic N) is 5. The Labute approximate surface area is 173 Å². The maximum atomic E-state index is 12.9. The van der Waals surface area contributed by atoms with E-state index < -0.39 is 0 Å². The fourth-order valence-electron chi connectivity index (χ4n) is 3.10. The highest BCUT2D eigenvalue weighted by Crippen LogP contribution is 2.26. The van der Waals surface area contributed by atoms with Gasteiger partial charge in [0.25, 0.3) is 11.8 Å². The van der Waals surface area contributed by atoms with Gasteiger partial charge < -0.3 is 14.5 Å². The number of ether oxygens (including phenoxy) is 1. The summed E-state index contributed by atoms with van der Waals surface area (Å²) in [5.74, 6) is 7.39. The lowest BCUT2D eigenvalue weighted by Gasteiger charge is -2.34. The van der Waals surface area contributed by atoms with Crippen LogP contribution in [0.5, 0.6) is 5.88 Å². The number of carbonyl (C=O) groups is 1. The van der Waals surface area contributed by atoms with E-state index in [2.05, 4.69) is 30.5 Å². The maximum absolute atomic E-state index is 12.9. The van der Waals surface area contributed by atoms with E-state index in [-0.39, 0.29) is 5.91 Å². The normalized spacial score (nSPS) is 13.6. The Morgan fingerprint density at radius 1 is 1.07 bits per heavy atom. The van der Waals surface area contributed by atoms with E-state index in [1.807, 2.05) is 47.4 Å². The lowest BCUT2D eigenvalue weighted by Crippen LogP contribution is -2.49. The molecule has 1 aromatic carbocycles. The number of rotatable bonds is 3. The van der Waals surface area contributed by atoms with Gasteiger partial charge in [0.2, 0.25) is 5.82 Å². The van der Waals surface area contributed by atoms with Crippen LogP contribution in [0, 0.1) is 11.8 Å². The predicted octanol–water partition coefficient (Wildman–Crippen LogP) is 2.30. The molecule has 8 heteroatoms.